The summed E-state index contributed by atoms with van der Waals surface area (Å²) in [5, 5.41) is 17.3. The molecule has 0 spiro atoms. The van der Waals surface area contributed by atoms with Gasteiger partial charge in [0.1, 0.15) is 10.9 Å². The van der Waals surface area contributed by atoms with Crippen LogP contribution in [0.5, 0.6) is 0 Å². The molecule has 0 radical (unpaired) electrons. The van der Waals surface area contributed by atoms with E-state index < -0.39 is 10.9 Å². The van der Waals surface area contributed by atoms with Gasteiger partial charge in [0.25, 0.3) is 0 Å². The molecule has 0 aliphatic heterocycles. The minimum atomic E-state index is -1.61. The molecule has 0 heterocycles. The van der Waals surface area contributed by atoms with Crippen LogP contribution in [0.15, 0.2) is 0 Å². The second kappa shape index (κ2) is 11.6. The quantitative estimate of drug-likeness (QED) is 0.360. The molecule has 0 amide bonds. The second-order valence-corrected chi connectivity index (χ2v) is 1.09. The second-order valence-electron chi connectivity index (χ2n) is 0.475. The molecule has 48 valence electrons. The molecule has 0 atom stereocenters. The smallest absolute Gasteiger partial charge is 0.534 e. The van der Waals surface area contributed by atoms with Crippen LogP contribution in [-0.2, 0) is 0 Å². The van der Waals surface area contributed by atoms with Gasteiger partial charge in [0, 0.05) is 0 Å². The minimum Gasteiger partial charge on any atom is -0.534 e. The molecular weight excluding hydrogens is 199 g/mol. The van der Waals surface area contributed by atoms with Crippen molar-refractivity contribution in [3.05, 3.63) is 0 Å². The van der Waals surface area contributed by atoms with E-state index in [1.165, 1.54) is 0 Å². The minimum absolute atomic E-state index is 0. The molecular formula is C2CaCl2O4. The summed E-state index contributed by atoms with van der Waals surface area (Å²) in [5.41, 5.74) is -3.22. The van der Waals surface area contributed by atoms with Gasteiger partial charge < -0.3 is 19.8 Å². The van der Waals surface area contributed by atoms with Gasteiger partial charge in [-0.25, -0.2) is 0 Å². The van der Waals surface area contributed by atoms with Crippen LogP contribution in [0, 0.1) is 0 Å². The first-order valence-electron chi connectivity index (χ1n) is 1.19. The number of hydrogen-bond donors (Lipinski definition) is 0. The summed E-state index contributed by atoms with van der Waals surface area (Å²) in [6.45, 7) is 0. The van der Waals surface area contributed by atoms with Crippen molar-refractivity contribution in [2.75, 3.05) is 0 Å². The van der Waals surface area contributed by atoms with Crippen molar-refractivity contribution in [2.45, 2.75) is 0 Å². The molecule has 0 aromatic heterocycles. The molecule has 0 aliphatic carbocycles. The zero-order valence-electron chi connectivity index (χ0n) is 4.10. The predicted molar refractivity (Wildman–Crippen MR) is 28.3 cm³/mol. The third-order valence-electron chi connectivity index (χ3n) is 0. The van der Waals surface area contributed by atoms with E-state index in [0.717, 1.165) is 0 Å². The molecule has 0 aromatic rings. The van der Waals surface area contributed by atoms with E-state index in [9.17, 15) is 0 Å². The topological polar surface area (TPSA) is 80.3 Å². The molecule has 0 saturated carbocycles. The molecule has 7 heteroatoms. The number of hydrogen-bond acceptors (Lipinski definition) is 4. The molecule has 0 aromatic carbocycles. The Bertz CT molecular complexity index is 74.6. The molecule has 0 N–H and O–H groups in total. The van der Waals surface area contributed by atoms with Gasteiger partial charge in [-0.1, -0.05) is 23.2 Å². The van der Waals surface area contributed by atoms with E-state index in [1.54, 1.807) is 0 Å². The molecule has 4 nitrogen and oxygen atoms in total. The fourth-order valence-electron chi connectivity index (χ4n) is 0. The molecule has 0 bridgehead atoms. The van der Waals surface area contributed by atoms with E-state index in [4.69, 9.17) is 19.8 Å². The Morgan fingerprint density at radius 1 is 1.00 bits per heavy atom. The molecule has 0 rings (SSSR count). The summed E-state index contributed by atoms with van der Waals surface area (Å²) in [5.74, 6) is 0. The van der Waals surface area contributed by atoms with Crippen LogP contribution in [0.4, 0.5) is 9.59 Å². The van der Waals surface area contributed by atoms with Gasteiger partial charge in [0.05, 0.1) is 0 Å². The van der Waals surface area contributed by atoms with Crippen LogP contribution in [-0.4, -0.2) is 48.6 Å². The van der Waals surface area contributed by atoms with Gasteiger partial charge in [-0.3, -0.25) is 0 Å². The van der Waals surface area contributed by atoms with Crippen LogP contribution in [0.2, 0.25) is 0 Å². The van der Waals surface area contributed by atoms with Gasteiger partial charge in [0.15, 0.2) is 0 Å². The average Bonchev–Trinajstić information content (AvgIpc) is 1.25. The van der Waals surface area contributed by atoms with Gasteiger partial charge in [-0.05, 0) is 0 Å². The Hall–Kier alpha value is 0.780. The Morgan fingerprint density at radius 2 is 1.00 bits per heavy atom. The maximum Gasteiger partial charge on any atom is 2.00 e. The van der Waals surface area contributed by atoms with Crippen LogP contribution in [0.25, 0.3) is 0 Å². The maximum atomic E-state index is 8.65. The third-order valence-corrected chi connectivity index (χ3v) is 0. The molecule has 0 saturated heterocycles. The van der Waals surface area contributed by atoms with Crippen molar-refractivity contribution < 1.29 is 19.8 Å². The van der Waals surface area contributed by atoms with Gasteiger partial charge in [-0.15, -0.1) is 0 Å². The number of rotatable bonds is 0. The monoisotopic (exact) mass is 198 g/mol. The van der Waals surface area contributed by atoms with E-state index >= 15 is 0 Å². The van der Waals surface area contributed by atoms with Crippen molar-refractivity contribution in [3.63, 3.8) is 0 Å². The zero-order chi connectivity index (χ0) is 7.15. The fourth-order valence-corrected chi connectivity index (χ4v) is 0. The predicted octanol–water partition coefficient (Wildman–Crippen LogP) is -1.24. The maximum absolute atomic E-state index is 8.65. The SMILES string of the molecule is O=C([O-])Cl.O=C([O-])Cl.[Ca+2]. The zero-order valence-corrected chi connectivity index (χ0v) is 7.82. The van der Waals surface area contributed by atoms with E-state index in [2.05, 4.69) is 23.2 Å². The number of halogens is 2. The summed E-state index contributed by atoms with van der Waals surface area (Å²) in [6.07, 6.45) is 0. The van der Waals surface area contributed by atoms with Crippen molar-refractivity contribution in [2.24, 2.45) is 0 Å². The summed E-state index contributed by atoms with van der Waals surface area (Å²) in [4.78, 5) is 17.3. The Labute approximate surface area is 90.7 Å². The van der Waals surface area contributed by atoms with Crippen LogP contribution < -0.4 is 10.2 Å². The van der Waals surface area contributed by atoms with E-state index in [0.29, 0.717) is 0 Å². The first kappa shape index (κ1) is 16.4. The fraction of sp³-hybridized carbons (Fsp3) is 0. The average molecular weight is 199 g/mol. The third kappa shape index (κ3) is 664. The van der Waals surface area contributed by atoms with Crippen molar-refractivity contribution in [1.29, 1.82) is 0 Å². The van der Waals surface area contributed by atoms with Crippen LogP contribution >= 0.6 is 23.2 Å². The summed E-state index contributed by atoms with van der Waals surface area (Å²) < 4.78 is 0. The number of carboxylic acid groups (broad SMARTS) is 2. The standard InChI is InChI=1S/2CHClO2.Ca/c2*2-1(3)4;/h2*(H,3,4);/q;;+2/p-2. The summed E-state index contributed by atoms with van der Waals surface area (Å²) in [7, 11) is 0. The van der Waals surface area contributed by atoms with Gasteiger partial charge >= 0.3 is 37.7 Å². The van der Waals surface area contributed by atoms with Crippen molar-refractivity contribution in [1.82, 2.24) is 0 Å². The first-order chi connectivity index (χ1) is 3.46. The Balaban J connectivity index is -0.0000000720. The van der Waals surface area contributed by atoms with Crippen molar-refractivity contribution >= 4 is 71.8 Å². The molecule has 9 heavy (non-hydrogen) atoms. The summed E-state index contributed by atoms with van der Waals surface area (Å²) in [6, 6.07) is 0. The number of carbonyl (C=O) groups excluding carboxylic acids is 2. The first-order valence-corrected chi connectivity index (χ1v) is 1.95. The Kier molecular flexibility index (Phi) is 21.1. The van der Waals surface area contributed by atoms with E-state index in [1.807, 2.05) is 0 Å². The van der Waals surface area contributed by atoms with Crippen molar-refractivity contribution in [3.8, 4) is 0 Å². The normalized spacial score (nSPS) is 5.56. The largest absolute Gasteiger partial charge is 2.00 e. The van der Waals surface area contributed by atoms with Gasteiger partial charge in [-0.2, -0.15) is 0 Å². The molecule has 0 aliphatic rings. The van der Waals surface area contributed by atoms with Gasteiger partial charge in [0.2, 0.25) is 0 Å². The number of carbonyl (C=O) groups is 2. The molecule has 0 unspecified atom stereocenters. The van der Waals surface area contributed by atoms with Crippen LogP contribution in [0.3, 0.4) is 0 Å². The molecule has 0 fully saturated rings. The van der Waals surface area contributed by atoms with Crippen LogP contribution in [0.1, 0.15) is 0 Å². The van der Waals surface area contributed by atoms with E-state index in [-0.39, 0.29) is 37.7 Å². The Morgan fingerprint density at radius 3 is 1.00 bits per heavy atom. The summed E-state index contributed by atoms with van der Waals surface area (Å²) >= 11 is 8.16.